The molecule has 0 spiro atoms. The molecule has 150 valence electrons. The molecule has 1 saturated heterocycles. The van der Waals surface area contributed by atoms with Crippen LogP contribution >= 0.6 is 15.9 Å². The summed E-state index contributed by atoms with van der Waals surface area (Å²) in [5, 5.41) is 3.54. The van der Waals surface area contributed by atoms with Gasteiger partial charge in [-0.25, -0.2) is 13.8 Å². The first-order valence-corrected chi connectivity index (χ1v) is 9.92. The van der Waals surface area contributed by atoms with Gasteiger partial charge in [0.2, 0.25) is 5.55 Å². The largest absolute Gasteiger partial charge is 0.438 e. The van der Waals surface area contributed by atoms with Gasteiger partial charge in [0, 0.05) is 29.1 Å². The number of carbonyl (C=O) groups is 1. The van der Waals surface area contributed by atoms with E-state index in [1.54, 1.807) is 18.2 Å². The number of fused-ring (bicyclic) bond motifs is 1. The monoisotopic (exact) mass is 462 g/mol. The third-order valence-corrected chi connectivity index (χ3v) is 5.09. The molecular weight excluding hydrogens is 446 g/mol. The molecule has 1 amide bonds. The van der Waals surface area contributed by atoms with E-state index in [0.29, 0.717) is 24.1 Å². The highest BCUT2D eigenvalue weighted by molar-refractivity contribution is 9.10. The van der Waals surface area contributed by atoms with Crippen LogP contribution in [0.2, 0.25) is 0 Å². The molecule has 0 saturated carbocycles. The van der Waals surface area contributed by atoms with Crippen LogP contribution in [0, 0.1) is 11.6 Å². The smallest absolute Gasteiger partial charge is 0.256 e. The summed E-state index contributed by atoms with van der Waals surface area (Å²) in [7, 11) is 0. The first kappa shape index (κ1) is 19.7. The molecule has 2 heterocycles. The third-order valence-electron chi connectivity index (χ3n) is 4.60. The summed E-state index contributed by atoms with van der Waals surface area (Å²) in [5.41, 5.74) is 0.844. The van der Waals surface area contributed by atoms with Crippen molar-refractivity contribution in [1.82, 2.24) is 5.32 Å². The van der Waals surface area contributed by atoms with Gasteiger partial charge in [-0.15, -0.1) is 0 Å². The van der Waals surface area contributed by atoms with Crippen LogP contribution in [-0.2, 0) is 4.74 Å². The zero-order chi connectivity index (χ0) is 20.4. The van der Waals surface area contributed by atoms with Crippen LogP contribution < -0.4 is 10.9 Å². The third kappa shape index (κ3) is 4.54. The molecular formula is C21H17BrF2N2O3. The van der Waals surface area contributed by atoms with Gasteiger partial charge in [0.1, 0.15) is 11.1 Å². The average molecular weight is 463 g/mol. The van der Waals surface area contributed by atoms with Crippen molar-refractivity contribution >= 4 is 38.5 Å². The normalized spacial score (nSPS) is 17.1. The molecule has 1 aliphatic heterocycles. The SMILES string of the molecule is O=C(NCC1CCCO1)c1cc2cc(Br)ccc2oc1=Nc1ccc(F)c(F)c1. The van der Waals surface area contributed by atoms with Crippen molar-refractivity contribution in [3.05, 3.63) is 69.7 Å². The quantitative estimate of drug-likeness (QED) is 0.615. The molecule has 1 aliphatic rings. The van der Waals surface area contributed by atoms with Gasteiger partial charge >= 0.3 is 0 Å². The first-order chi connectivity index (χ1) is 14.0. The summed E-state index contributed by atoms with van der Waals surface area (Å²) in [5.74, 6) is -2.38. The van der Waals surface area contributed by atoms with Crippen LogP contribution in [0.3, 0.4) is 0 Å². The van der Waals surface area contributed by atoms with Gasteiger partial charge in [0.15, 0.2) is 11.6 Å². The van der Waals surface area contributed by atoms with Crippen LogP contribution in [-0.4, -0.2) is 25.2 Å². The minimum atomic E-state index is -1.03. The number of benzene rings is 2. The van der Waals surface area contributed by atoms with Crippen molar-refractivity contribution in [3.63, 3.8) is 0 Å². The molecule has 1 aromatic heterocycles. The Morgan fingerprint density at radius 3 is 2.79 bits per heavy atom. The standard InChI is InChI=1S/C21H17BrF2N2O3/c22-13-3-6-19-12(8-13)9-16(20(27)25-11-15-2-1-7-28-15)21(29-19)26-14-4-5-17(23)18(24)10-14/h3-6,8-10,15H,1-2,7,11H2,(H,25,27). The predicted octanol–water partition coefficient (Wildman–Crippen LogP) is 4.61. The van der Waals surface area contributed by atoms with E-state index in [-0.39, 0.29) is 28.8 Å². The maximum absolute atomic E-state index is 13.6. The Morgan fingerprint density at radius 1 is 1.17 bits per heavy atom. The number of rotatable bonds is 4. The van der Waals surface area contributed by atoms with Crippen molar-refractivity contribution in [2.24, 2.45) is 4.99 Å². The second kappa shape index (κ2) is 8.42. The summed E-state index contributed by atoms with van der Waals surface area (Å²) < 4.78 is 39.0. The molecule has 8 heteroatoms. The zero-order valence-corrected chi connectivity index (χ0v) is 16.8. The molecule has 0 radical (unpaired) electrons. The summed E-state index contributed by atoms with van der Waals surface area (Å²) in [6.45, 7) is 1.07. The highest BCUT2D eigenvalue weighted by atomic mass is 79.9. The highest BCUT2D eigenvalue weighted by Gasteiger charge is 2.18. The Balaban J connectivity index is 1.76. The Labute approximate surface area is 173 Å². The van der Waals surface area contributed by atoms with Crippen molar-refractivity contribution in [1.29, 1.82) is 0 Å². The number of nitrogens with one attached hydrogen (secondary N) is 1. The Bertz CT molecular complexity index is 1140. The van der Waals surface area contributed by atoms with Gasteiger partial charge in [0.05, 0.1) is 11.8 Å². The van der Waals surface area contributed by atoms with Gasteiger partial charge in [-0.3, -0.25) is 4.79 Å². The number of hydrogen-bond acceptors (Lipinski definition) is 4. The Hall–Kier alpha value is -2.58. The lowest BCUT2D eigenvalue weighted by Gasteiger charge is -2.11. The molecule has 2 aromatic carbocycles. The molecule has 3 aromatic rings. The fourth-order valence-corrected chi connectivity index (χ4v) is 3.50. The number of amides is 1. The van der Waals surface area contributed by atoms with Crippen molar-refractivity contribution in [2.75, 3.05) is 13.2 Å². The Morgan fingerprint density at radius 2 is 2.03 bits per heavy atom. The molecule has 5 nitrogen and oxygen atoms in total. The number of nitrogens with zero attached hydrogens (tertiary/aromatic N) is 1. The van der Waals surface area contributed by atoms with E-state index in [1.807, 2.05) is 6.07 Å². The minimum absolute atomic E-state index is 0.00988. The van der Waals surface area contributed by atoms with E-state index in [9.17, 15) is 13.6 Å². The van der Waals surface area contributed by atoms with E-state index in [1.165, 1.54) is 6.07 Å². The first-order valence-electron chi connectivity index (χ1n) is 9.12. The van der Waals surface area contributed by atoms with Gasteiger partial charge in [-0.05, 0) is 49.2 Å². The molecule has 1 atom stereocenters. The maximum Gasteiger partial charge on any atom is 0.256 e. The number of halogens is 3. The maximum atomic E-state index is 13.6. The fourth-order valence-electron chi connectivity index (χ4n) is 3.13. The second-order valence-electron chi connectivity index (χ2n) is 6.70. The summed E-state index contributed by atoms with van der Waals surface area (Å²) in [6.07, 6.45) is 1.84. The fraction of sp³-hybridized carbons (Fsp3) is 0.238. The van der Waals surface area contributed by atoms with Crippen LogP contribution in [0.15, 0.2) is 56.3 Å². The lowest BCUT2D eigenvalue weighted by atomic mass is 10.1. The molecule has 1 unspecified atom stereocenters. The molecule has 4 rings (SSSR count). The zero-order valence-electron chi connectivity index (χ0n) is 15.3. The number of carbonyl (C=O) groups excluding carboxylic acids is 1. The molecule has 1 N–H and O–H groups in total. The summed E-state index contributed by atoms with van der Waals surface area (Å²) in [6, 6.07) is 10.2. The Kier molecular flexibility index (Phi) is 5.73. The summed E-state index contributed by atoms with van der Waals surface area (Å²) >= 11 is 3.40. The van der Waals surface area contributed by atoms with Crippen LogP contribution in [0.25, 0.3) is 11.0 Å². The van der Waals surface area contributed by atoms with E-state index in [2.05, 4.69) is 26.2 Å². The van der Waals surface area contributed by atoms with E-state index in [0.717, 1.165) is 29.4 Å². The molecule has 0 bridgehead atoms. The lowest BCUT2D eigenvalue weighted by molar-refractivity contribution is 0.0854. The van der Waals surface area contributed by atoms with Crippen LogP contribution in [0.4, 0.5) is 14.5 Å². The predicted molar refractivity (Wildman–Crippen MR) is 107 cm³/mol. The van der Waals surface area contributed by atoms with Crippen molar-refractivity contribution in [2.45, 2.75) is 18.9 Å². The lowest BCUT2D eigenvalue weighted by Crippen LogP contribution is -2.34. The van der Waals surface area contributed by atoms with Gasteiger partial charge in [0.25, 0.3) is 5.91 Å². The van der Waals surface area contributed by atoms with Gasteiger partial charge < -0.3 is 14.5 Å². The molecule has 0 aliphatic carbocycles. The minimum Gasteiger partial charge on any atom is -0.438 e. The number of hydrogen-bond donors (Lipinski definition) is 1. The molecule has 29 heavy (non-hydrogen) atoms. The highest BCUT2D eigenvalue weighted by Crippen LogP contribution is 2.21. The van der Waals surface area contributed by atoms with E-state index in [4.69, 9.17) is 9.15 Å². The number of ether oxygens (including phenoxy) is 1. The summed E-state index contributed by atoms with van der Waals surface area (Å²) in [4.78, 5) is 17.1. The molecule has 1 fully saturated rings. The van der Waals surface area contributed by atoms with E-state index < -0.39 is 11.6 Å². The van der Waals surface area contributed by atoms with E-state index >= 15 is 0 Å². The second-order valence-corrected chi connectivity index (χ2v) is 7.62. The van der Waals surface area contributed by atoms with Crippen molar-refractivity contribution in [3.8, 4) is 0 Å². The van der Waals surface area contributed by atoms with Gasteiger partial charge in [-0.1, -0.05) is 15.9 Å². The van der Waals surface area contributed by atoms with Gasteiger partial charge in [-0.2, -0.15) is 0 Å². The van der Waals surface area contributed by atoms with Crippen molar-refractivity contribution < 1.29 is 22.7 Å². The average Bonchev–Trinajstić information content (AvgIpc) is 3.22. The van der Waals surface area contributed by atoms with Crippen LogP contribution in [0.1, 0.15) is 23.2 Å². The van der Waals surface area contributed by atoms with Crippen LogP contribution in [0.5, 0.6) is 0 Å². The topological polar surface area (TPSA) is 63.8 Å².